The van der Waals surface area contributed by atoms with Gasteiger partial charge in [-0.3, -0.25) is 0 Å². The summed E-state index contributed by atoms with van der Waals surface area (Å²) < 4.78 is 15.0. The molecule has 0 amide bonds. The SMILES string of the molecule is COCO[C@@H](C)[C@H]1O[C@H]1CO. The van der Waals surface area contributed by atoms with Gasteiger partial charge in [0.05, 0.1) is 12.7 Å². The number of aliphatic hydroxyl groups is 1. The van der Waals surface area contributed by atoms with Crippen molar-refractivity contribution in [2.45, 2.75) is 25.2 Å². The van der Waals surface area contributed by atoms with Crippen molar-refractivity contribution in [2.75, 3.05) is 20.5 Å². The normalized spacial score (nSPS) is 31.9. The lowest BCUT2D eigenvalue weighted by molar-refractivity contribution is -0.0726. The molecule has 1 aliphatic rings. The summed E-state index contributed by atoms with van der Waals surface area (Å²) in [6.07, 6.45) is 0.0316. The number of methoxy groups -OCH3 is 1. The standard InChI is InChI=1S/C7H14O4/c1-5(10-4-9-2)7-6(3-8)11-7/h5-8H,3-4H2,1-2H3/t5-,6-,7+/m0/s1. The van der Waals surface area contributed by atoms with Crippen LogP contribution in [0.1, 0.15) is 6.92 Å². The molecule has 0 saturated carbocycles. The van der Waals surface area contributed by atoms with Crippen LogP contribution < -0.4 is 0 Å². The molecule has 0 radical (unpaired) electrons. The molecule has 0 bridgehead atoms. The summed E-state index contributed by atoms with van der Waals surface area (Å²) in [6, 6.07) is 0. The Morgan fingerprint density at radius 2 is 2.36 bits per heavy atom. The first kappa shape index (κ1) is 8.93. The van der Waals surface area contributed by atoms with Crippen LogP contribution >= 0.6 is 0 Å². The third-order valence-corrected chi connectivity index (χ3v) is 1.71. The highest BCUT2D eigenvalue weighted by molar-refractivity contribution is 4.88. The number of rotatable bonds is 5. The minimum atomic E-state index is -0.0261. The van der Waals surface area contributed by atoms with Crippen LogP contribution in [0.3, 0.4) is 0 Å². The first-order valence-corrected chi connectivity index (χ1v) is 3.66. The van der Waals surface area contributed by atoms with E-state index in [1.807, 2.05) is 6.92 Å². The maximum atomic E-state index is 8.64. The van der Waals surface area contributed by atoms with Crippen molar-refractivity contribution < 1.29 is 19.3 Å². The largest absolute Gasteiger partial charge is 0.394 e. The number of ether oxygens (including phenoxy) is 3. The molecule has 1 N–H and O–H groups in total. The lowest BCUT2D eigenvalue weighted by atomic mass is 10.2. The fourth-order valence-corrected chi connectivity index (χ4v) is 0.987. The quantitative estimate of drug-likeness (QED) is 0.447. The Bertz CT molecular complexity index is 117. The zero-order valence-corrected chi connectivity index (χ0v) is 6.82. The summed E-state index contributed by atoms with van der Waals surface area (Å²) in [6.45, 7) is 2.25. The highest BCUT2D eigenvalue weighted by atomic mass is 16.7. The van der Waals surface area contributed by atoms with E-state index in [0.717, 1.165) is 0 Å². The molecule has 3 atom stereocenters. The second-order valence-corrected chi connectivity index (χ2v) is 2.60. The summed E-state index contributed by atoms with van der Waals surface area (Å²) in [5.41, 5.74) is 0. The Morgan fingerprint density at radius 1 is 1.64 bits per heavy atom. The highest BCUT2D eigenvalue weighted by Gasteiger charge is 2.42. The first-order chi connectivity index (χ1) is 5.29. The van der Waals surface area contributed by atoms with Crippen LogP contribution in [0.4, 0.5) is 0 Å². The highest BCUT2D eigenvalue weighted by Crippen LogP contribution is 2.26. The first-order valence-electron chi connectivity index (χ1n) is 3.66. The second kappa shape index (κ2) is 4.01. The van der Waals surface area contributed by atoms with E-state index in [4.69, 9.17) is 19.3 Å². The average molecular weight is 162 g/mol. The van der Waals surface area contributed by atoms with Gasteiger partial charge >= 0.3 is 0 Å². The van der Waals surface area contributed by atoms with E-state index < -0.39 is 0 Å². The third kappa shape index (κ3) is 2.41. The minimum absolute atomic E-state index is 0.00657. The maximum absolute atomic E-state index is 8.64. The lowest BCUT2D eigenvalue weighted by Gasteiger charge is -2.08. The molecule has 0 aromatic rings. The van der Waals surface area contributed by atoms with Crippen molar-refractivity contribution in [1.29, 1.82) is 0 Å². The number of hydrogen-bond acceptors (Lipinski definition) is 4. The van der Waals surface area contributed by atoms with E-state index in [1.54, 1.807) is 7.11 Å². The van der Waals surface area contributed by atoms with Crippen molar-refractivity contribution in [3.05, 3.63) is 0 Å². The van der Waals surface area contributed by atoms with Crippen molar-refractivity contribution in [3.63, 3.8) is 0 Å². The molecule has 1 saturated heterocycles. The zero-order chi connectivity index (χ0) is 8.27. The minimum Gasteiger partial charge on any atom is -0.394 e. The Labute approximate surface area is 66.1 Å². The van der Waals surface area contributed by atoms with E-state index in [0.29, 0.717) is 0 Å². The number of hydrogen-bond donors (Lipinski definition) is 1. The maximum Gasteiger partial charge on any atom is 0.146 e. The smallest absolute Gasteiger partial charge is 0.146 e. The van der Waals surface area contributed by atoms with Crippen molar-refractivity contribution in [2.24, 2.45) is 0 Å². The third-order valence-electron chi connectivity index (χ3n) is 1.71. The van der Waals surface area contributed by atoms with Crippen LogP contribution in [-0.2, 0) is 14.2 Å². The Hall–Kier alpha value is -0.160. The van der Waals surface area contributed by atoms with Gasteiger partial charge in [-0.25, -0.2) is 0 Å². The molecule has 4 heteroatoms. The summed E-state index contributed by atoms with van der Waals surface area (Å²) in [5, 5.41) is 8.64. The van der Waals surface area contributed by atoms with Gasteiger partial charge in [0.25, 0.3) is 0 Å². The Balaban J connectivity index is 2.07. The summed E-state index contributed by atoms with van der Waals surface area (Å²) in [5.74, 6) is 0. The van der Waals surface area contributed by atoms with Gasteiger partial charge in [-0.05, 0) is 6.92 Å². The molecular formula is C7H14O4. The van der Waals surface area contributed by atoms with E-state index in [1.165, 1.54) is 0 Å². The molecule has 0 aliphatic carbocycles. The molecule has 0 aromatic carbocycles. The second-order valence-electron chi connectivity index (χ2n) is 2.60. The van der Waals surface area contributed by atoms with E-state index in [2.05, 4.69) is 0 Å². The monoisotopic (exact) mass is 162 g/mol. The van der Waals surface area contributed by atoms with E-state index in [-0.39, 0.29) is 31.7 Å². The van der Waals surface area contributed by atoms with Crippen LogP contribution in [0.5, 0.6) is 0 Å². The van der Waals surface area contributed by atoms with Crippen LogP contribution in [-0.4, -0.2) is 43.9 Å². The molecule has 1 rings (SSSR count). The zero-order valence-electron chi connectivity index (χ0n) is 6.82. The Kier molecular flexibility index (Phi) is 3.26. The van der Waals surface area contributed by atoms with Crippen molar-refractivity contribution >= 4 is 0 Å². The molecule has 11 heavy (non-hydrogen) atoms. The van der Waals surface area contributed by atoms with Crippen molar-refractivity contribution in [1.82, 2.24) is 0 Å². The van der Waals surface area contributed by atoms with E-state index >= 15 is 0 Å². The fraction of sp³-hybridized carbons (Fsp3) is 1.00. The van der Waals surface area contributed by atoms with Gasteiger partial charge in [0.2, 0.25) is 0 Å². The fourth-order valence-electron chi connectivity index (χ4n) is 0.987. The average Bonchev–Trinajstić information content (AvgIpc) is 2.78. The van der Waals surface area contributed by atoms with Crippen LogP contribution in [0, 0.1) is 0 Å². The van der Waals surface area contributed by atoms with Gasteiger partial charge in [0.15, 0.2) is 0 Å². The number of epoxide rings is 1. The molecule has 1 aliphatic heterocycles. The predicted octanol–water partition coefficient (Wildman–Crippen LogP) is -0.245. The van der Waals surface area contributed by atoms with Gasteiger partial charge in [-0.1, -0.05) is 0 Å². The Morgan fingerprint density at radius 3 is 2.82 bits per heavy atom. The molecular weight excluding hydrogens is 148 g/mol. The van der Waals surface area contributed by atoms with Crippen LogP contribution in [0.2, 0.25) is 0 Å². The van der Waals surface area contributed by atoms with Gasteiger partial charge in [-0.15, -0.1) is 0 Å². The molecule has 0 unspecified atom stereocenters. The number of aliphatic hydroxyl groups excluding tert-OH is 1. The summed E-state index contributed by atoms with van der Waals surface area (Å²) in [7, 11) is 1.57. The summed E-state index contributed by atoms with van der Waals surface area (Å²) in [4.78, 5) is 0. The van der Waals surface area contributed by atoms with Gasteiger partial charge in [-0.2, -0.15) is 0 Å². The summed E-state index contributed by atoms with van der Waals surface area (Å²) >= 11 is 0. The molecule has 66 valence electrons. The van der Waals surface area contributed by atoms with Crippen LogP contribution in [0.15, 0.2) is 0 Å². The molecule has 1 fully saturated rings. The van der Waals surface area contributed by atoms with E-state index in [9.17, 15) is 0 Å². The van der Waals surface area contributed by atoms with Crippen molar-refractivity contribution in [3.8, 4) is 0 Å². The van der Waals surface area contributed by atoms with Gasteiger partial charge in [0.1, 0.15) is 19.0 Å². The molecule has 4 nitrogen and oxygen atoms in total. The molecule has 0 spiro atoms. The lowest BCUT2D eigenvalue weighted by Crippen LogP contribution is -2.19. The van der Waals surface area contributed by atoms with Crippen LogP contribution in [0.25, 0.3) is 0 Å². The topological polar surface area (TPSA) is 51.2 Å². The predicted molar refractivity (Wildman–Crippen MR) is 38.2 cm³/mol. The molecule has 0 aromatic heterocycles. The van der Waals surface area contributed by atoms with Gasteiger partial charge < -0.3 is 19.3 Å². The molecule has 1 heterocycles. The van der Waals surface area contributed by atoms with Gasteiger partial charge in [0, 0.05) is 7.11 Å².